The van der Waals surface area contributed by atoms with Gasteiger partial charge in [0.1, 0.15) is 36.3 Å². The fourth-order valence-corrected chi connectivity index (χ4v) is 10.7. The molecule has 0 spiro atoms. The minimum absolute atomic E-state index is 0.0266. The summed E-state index contributed by atoms with van der Waals surface area (Å²) < 4.78 is 0. The molecule has 1 aliphatic rings. The van der Waals surface area contributed by atoms with Crippen LogP contribution < -0.4 is 48.7 Å². The van der Waals surface area contributed by atoms with Crippen LogP contribution >= 0.6 is 21.6 Å². The normalized spacial score (nSPS) is 22.5. The molecular weight excluding hydrogens is 991 g/mol. The number of fused-ring (bicyclic) bond motifs is 2. The van der Waals surface area contributed by atoms with Crippen molar-refractivity contribution >= 4 is 84.7 Å². The summed E-state index contributed by atoms with van der Waals surface area (Å²) >= 11 is 0. The van der Waals surface area contributed by atoms with Crippen LogP contribution in [0.4, 0.5) is 0 Å². The summed E-state index contributed by atoms with van der Waals surface area (Å²) in [5.74, 6) is -6.08. The predicted octanol–water partition coefficient (Wildman–Crippen LogP) is -0.324. The first-order valence-corrected chi connectivity index (χ1v) is 27.0. The van der Waals surface area contributed by atoms with E-state index in [1.807, 2.05) is 54.6 Å². The number of carbonyl (C=O) groups is 7. The van der Waals surface area contributed by atoms with Crippen molar-refractivity contribution in [3.63, 3.8) is 0 Å². The van der Waals surface area contributed by atoms with Gasteiger partial charge in [0.05, 0.1) is 30.9 Å². The van der Waals surface area contributed by atoms with Crippen molar-refractivity contribution in [3.8, 4) is 0 Å². The summed E-state index contributed by atoms with van der Waals surface area (Å²) in [5, 5.41) is 51.5. The highest BCUT2D eigenvalue weighted by Gasteiger charge is 2.36. The zero-order valence-electron chi connectivity index (χ0n) is 41.2. The molecule has 1 saturated heterocycles. The molecule has 1 aliphatic heterocycles. The molecule has 0 bridgehead atoms. The summed E-state index contributed by atoms with van der Waals surface area (Å²) in [6, 6.07) is 13.0. The molecule has 3 aromatic carbocycles. The van der Waals surface area contributed by atoms with Gasteiger partial charge in [0.2, 0.25) is 41.4 Å². The average Bonchev–Trinajstić information content (AvgIpc) is 3.99. The smallest absolute Gasteiger partial charge is 0.245 e. The molecule has 0 unspecified atom stereocenters. The van der Waals surface area contributed by atoms with Gasteiger partial charge in [-0.3, -0.25) is 33.6 Å². The molecule has 21 nitrogen and oxygen atoms in total. The zero-order chi connectivity index (χ0) is 53.3. The average molecular weight is 1060 g/mol. The Labute approximate surface area is 436 Å². The number of para-hydroxylation sites is 2. The number of H-pyrrole nitrogens is 2. The van der Waals surface area contributed by atoms with Crippen molar-refractivity contribution in [2.45, 2.75) is 113 Å². The number of aromatic amines is 2. The molecular formula is C51H67N11O10S2. The van der Waals surface area contributed by atoms with Crippen LogP contribution in [0.1, 0.15) is 49.8 Å². The Balaban J connectivity index is 1.41. The van der Waals surface area contributed by atoms with Gasteiger partial charge in [-0.25, -0.2) is 0 Å². The Morgan fingerprint density at radius 1 is 0.689 bits per heavy atom. The molecule has 3 heterocycles. The molecule has 16 N–H and O–H groups in total. The summed E-state index contributed by atoms with van der Waals surface area (Å²) in [6.07, 6.45) is 1.47. The Hall–Kier alpha value is -6.47. The Morgan fingerprint density at radius 2 is 1.23 bits per heavy atom. The number of aliphatic hydroxyl groups is 3. The predicted molar refractivity (Wildman–Crippen MR) is 284 cm³/mol. The summed E-state index contributed by atoms with van der Waals surface area (Å²) in [6.45, 7) is 2.22. The van der Waals surface area contributed by atoms with E-state index in [1.54, 1.807) is 36.7 Å². The number of aliphatic hydroxyl groups excluding tert-OH is 3. The number of hydrogen-bond acceptors (Lipinski definition) is 14. The lowest BCUT2D eigenvalue weighted by Gasteiger charge is -2.29. The molecule has 23 heteroatoms. The van der Waals surface area contributed by atoms with Gasteiger partial charge in [0.25, 0.3) is 0 Å². The van der Waals surface area contributed by atoms with E-state index < -0.39 is 108 Å². The topological polar surface area (TPSA) is 348 Å². The van der Waals surface area contributed by atoms with Crippen LogP contribution in [-0.4, -0.2) is 152 Å². The minimum Gasteiger partial charge on any atom is -0.394 e. The van der Waals surface area contributed by atoms with Crippen LogP contribution in [0.3, 0.4) is 0 Å². The number of carbonyl (C=O) groups excluding carboxylic acids is 7. The monoisotopic (exact) mass is 1060 g/mol. The molecule has 74 heavy (non-hydrogen) atoms. The van der Waals surface area contributed by atoms with Gasteiger partial charge in [-0.15, -0.1) is 0 Å². The third-order valence-corrected chi connectivity index (χ3v) is 15.1. The van der Waals surface area contributed by atoms with Gasteiger partial charge in [-0.2, -0.15) is 0 Å². The van der Waals surface area contributed by atoms with E-state index in [9.17, 15) is 48.9 Å². The van der Waals surface area contributed by atoms with Crippen LogP contribution in [0.15, 0.2) is 91.3 Å². The maximum atomic E-state index is 15.0. The largest absolute Gasteiger partial charge is 0.394 e. The number of nitrogens with two attached hydrogens (primary N) is 2. The van der Waals surface area contributed by atoms with Gasteiger partial charge in [0, 0.05) is 58.5 Å². The molecule has 0 saturated carbocycles. The van der Waals surface area contributed by atoms with Crippen molar-refractivity contribution in [2.24, 2.45) is 11.5 Å². The van der Waals surface area contributed by atoms with Crippen molar-refractivity contribution < 1.29 is 48.9 Å². The molecule has 2 aromatic heterocycles. The Kier molecular flexibility index (Phi) is 21.3. The fourth-order valence-electron chi connectivity index (χ4n) is 8.40. The summed E-state index contributed by atoms with van der Waals surface area (Å²) in [5.41, 5.74) is 15.8. The second-order valence-corrected chi connectivity index (χ2v) is 20.9. The number of aromatic nitrogens is 2. The first kappa shape index (κ1) is 56.8. The van der Waals surface area contributed by atoms with Crippen LogP contribution in [0.25, 0.3) is 21.8 Å². The zero-order valence-corrected chi connectivity index (χ0v) is 42.8. The molecule has 10 atom stereocenters. The molecule has 1 fully saturated rings. The van der Waals surface area contributed by atoms with E-state index in [4.69, 9.17) is 11.5 Å². The second kappa shape index (κ2) is 27.7. The van der Waals surface area contributed by atoms with Gasteiger partial charge in [0.15, 0.2) is 0 Å². The van der Waals surface area contributed by atoms with Crippen molar-refractivity contribution in [3.05, 3.63) is 108 Å². The third-order valence-electron chi connectivity index (χ3n) is 12.7. The van der Waals surface area contributed by atoms with Gasteiger partial charge >= 0.3 is 0 Å². The highest BCUT2D eigenvalue weighted by Crippen LogP contribution is 2.25. The van der Waals surface area contributed by atoms with Crippen LogP contribution in [0, 0.1) is 0 Å². The maximum Gasteiger partial charge on any atom is 0.245 e. The van der Waals surface area contributed by atoms with Crippen LogP contribution in [0.2, 0.25) is 0 Å². The van der Waals surface area contributed by atoms with Gasteiger partial charge in [-0.05, 0) is 74.9 Å². The lowest BCUT2D eigenvalue weighted by Crippen LogP contribution is -2.62. The molecule has 398 valence electrons. The first-order chi connectivity index (χ1) is 35.6. The fraction of sp³-hybridized carbons (Fsp3) is 0.431. The Morgan fingerprint density at radius 3 is 1.80 bits per heavy atom. The van der Waals surface area contributed by atoms with Crippen molar-refractivity contribution in [1.82, 2.24) is 47.2 Å². The van der Waals surface area contributed by atoms with E-state index in [2.05, 4.69) is 47.2 Å². The number of nitrogens with one attached hydrogen (secondary N) is 9. The van der Waals surface area contributed by atoms with Gasteiger partial charge < -0.3 is 74.0 Å². The lowest BCUT2D eigenvalue weighted by atomic mass is 10.0. The maximum absolute atomic E-state index is 15.0. The number of hydrogen-bond donors (Lipinski definition) is 14. The lowest BCUT2D eigenvalue weighted by molar-refractivity contribution is -0.136. The standard InChI is InChI=1S/C51H67N11O10S2/c1-28(64)41(25-63)59-50(71)43-27-74-73-26-42(60-45(66)35(53)20-30-12-4-3-5-13-30)49(70)58-40(22-32-24-55-37-17-9-7-15-34(32)37)48(69)57-39(21-31-23-54-36-16-8-6-14-33(31)36)47(68)56-38(18-10-11-19-52)46(67)62-44(29(2)65)51(72)61-43/h3-9,12-17,23-24,28-29,35,38-44,54-55,63-65H,10-11,18-22,25-27,52-53H2,1-2H3,(H,56,68)(H,57,69)(H,58,70)(H,59,71)(H,60,66)(H,61,72)(H,62,67)/t28-,29-,35-,38+,39-,40+,41-,42+,43+,44+/m1/s1. The molecule has 5 aromatic rings. The van der Waals surface area contributed by atoms with E-state index >= 15 is 0 Å². The summed E-state index contributed by atoms with van der Waals surface area (Å²) in [7, 11) is 2.06. The molecule has 6 rings (SSSR count). The van der Waals surface area contributed by atoms with Crippen LogP contribution in [0.5, 0.6) is 0 Å². The second-order valence-electron chi connectivity index (χ2n) is 18.3. The van der Waals surface area contributed by atoms with Crippen molar-refractivity contribution in [1.29, 1.82) is 0 Å². The molecule has 0 radical (unpaired) electrons. The SMILES string of the molecule is C[C@@H](O)[C@@H]1NC(=O)[C@H](CCCCN)NC(=O)[C@@H](Cc2c[nH]c3ccccc23)NC(=O)[C@H](Cc2c[nH]c3ccccc23)NC(=O)[C@@H](NC(=O)[C@H](N)Cc2ccccc2)CSSC[C@@H](C(=O)N[C@H](CO)[C@@H](C)O)NC1=O. The third kappa shape index (κ3) is 15.8. The minimum atomic E-state index is -1.67. The van der Waals surface area contributed by atoms with Crippen molar-refractivity contribution in [2.75, 3.05) is 24.7 Å². The quantitative estimate of drug-likeness (QED) is 0.0419. The summed E-state index contributed by atoms with van der Waals surface area (Å²) in [4.78, 5) is 107. The van der Waals surface area contributed by atoms with E-state index in [-0.39, 0.29) is 43.7 Å². The molecule has 7 amide bonds. The molecule has 0 aliphatic carbocycles. The number of amides is 7. The first-order valence-electron chi connectivity index (χ1n) is 24.5. The number of rotatable bonds is 17. The number of unbranched alkanes of at least 4 members (excludes halogenated alkanes) is 1. The van der Waals surface area contributed by atoms with E-state index in [1.165, 1.54) is 13.8 Å². The van der Waals surface area contributed by atoms with E-state index in [0.717, 1.165) is 49.0 Å². The highest BCUT2D eigenvalue weighted by atomic mass is 33.1. The van der Waals surface area contributed by atoms with E-state index in [0.29, 0.717) is 24.0 Å². The Bertz CT molecular complexity index is 2700. The van der Waals surface area contributed by atoms with Crippen LogP contribution in [-0.2, 0) is 52.8 Å². The number of benzene rings is 3. The van der Waals surface area contributed by atoms with Gasteiger partial charge in [-0.1, -0.05) is 88.3 Å². The highest BCUT2D eigenvalue weighted by molar-refractivity contribution is 8.76.